The third-order valence-corrected chi connectivity index (χ3v) is 4.91. The van der Waals surface area contributed by atoms with Crippen LogP contribution in [0.1, 0.15) is 37.5 Å². The molecular formula is C18H24N6O. The van der Waals surface area contributed by atoms with E-state index in [9.17, 15) is 0 Å². The Kier molecular flexibility index (Phi) is 4.50. The molecule has 0 saturated carbocycles. The van der Waals surface area contributed by atoms with Gasteiger partial charge in [-0.05, 0) is 19.1 Å². The highest BCUT2D eigenvalue weighted by Crippen LogP contribution is 2.21. The van der Waals surface area contributed by atoms with E-state index < -0.39 is 0 Å². The number of nitrogens with zero attached hydrogens (tertiary/aromatic N) is 5. The van der Waals surface area contributed by atoms with Crippen molar-refractivity contribution in [1.29, 1.82) is 0 Å². The lowest BCUT2D eigenvalue weighted by atomic mass is 10.2. The van der Waals surface area contributed by atoms with Gasteiger partial charge in [0.15, 0.2) is 0 Å². The van der Waals surface area contributed by atoms with E-state index in [1.807, 2.05) is 25.1 Å². The van der Waals surface area contributed by atoms with Gasteiger partial charge >= 0.3 is 0 Å². The minimum atomic E-state index is 0.168. The maximum Gasteiger partial charge on any atom is 0.233 e. The molecule has 0 spiro atoms. The Balaban J connectivity index is 1.34. The molecule has 1 aliphatic heterocycles. The number of aromatic amines is 1. The number of fused-ring (bicyclic) bond motifs is 1. The third kappa shape index (κ3) is 3.43. The summed E-state index contributed by atoms with van der Waals surface area (Å²) in [5.74, 6) is 2.47. The molecule has 1 atom stereocenters. The molecule has 1 saturated heterocycles. The summed E-state index contributed by atoms with van der Waals surface area (Å²) in [6, 6.07) is 8.34. The topological polar surface area (TPSA) is 74.1 Å². The molecule has 3 aromatic rings. The second-order valence-corrected chi connectivity index (χ2v) is 6.58. The van der Waals surface area contributed by atoms with Gasteiger partial charge in [-0.2, -0.15) is 0 Å². The van der Waals surface area contributed by atoms with Crippen LogP contribution in [0.5, 0.6) is 0 Å². The van der Waals surface area contributed by atoms with Gasteiger partial charge in [0.05, 0.1) is 23.6 Å². The molecule has 3 heterocycles. The number of rotatable bonds is 5. The summed E-state index contributed by atoms with van der Waals surface area (Å²) >= 11 is 0. The van der Waals surface area contributed by atoms with Gasteiger partial charge in [-0.1, -0.05) is 19.1 Å². The maximum absolute atomic E-state index is 5.71. The molecule has 132 valence electrons. The summed E-state index contributed by atoms with van der Waals surface area (Å²) in [6.07, 6.45) is 0.783. The highest BCUT2D eigenvalue weighted by atomic mass is 16.4. The molecule has 0 radical (unpaired) electrons. The van der Waals surface area contributed by atoms with Crippen molar-refractivity contribution < 1.29 is 4.42 Å². The van der Waals surface area contributed by atoms with E-state index in [1.165, 1.54) is 0 Å². The number of aromatic nitrogens is 4. The van der Waals surface area contributed by atoms with Crippen molar-refractivity contribution >= 4 is 11.0 Å². The van der Waals surface area contributed by atoms with Gasteiger partial charge in [-0.3, -0.25) is 9.80 Å². The molecule has 1 N–H and O–H groups in total. The quantitative estimate of drug-likeness (QED) is 0.769. The fourth-order valence-electron chi connectivity index (χ4n) is 3.34. The number of hydrogen-bond acceptors (Lipinski definition) is 6. The van der Waals surface area contributed by atoms with E-state index in [0.29, 0.717) is 5.89 Å². The number of imidazole rings is 1. The Morgan fingerprint density at radius 1 is 1.16 bits per heavy atom. The molecule has 7 nitrogen and oxygen atoms in total. The van der Waals surface area contributed by atoms with Gasteiger partial charge < -0.3 is 9.40 Å². The third-order valence-electron chi connectivity index (χ3n) is 4.91. The number of para-hydroxylation sites is 2. The van der Waals surface area contributed by atoms with Gasteiger partial charge in [0.25, 0.3) is 0 Å². The minimum Gasteiger partial charge on any atom is -0.424 e. The van der Waals surface area contributed by atoms with E-state index >= 15 is 0 Å². The lowest BCUT2D eigenvalue weighted by Gasteiger charge is -2.36. The number of hydrogen-bond donors (Lipinski definition) is 1. The smallest absolute Gasteiger partial charge is 0.233 e. The highest BCUT2D eigenvalue weighted by molar-refractivity contribution is 5.74. The summed E-state index contributed by atoms with van der Waals surface area (Å²) in [5, 5.41) is 8.26. The zero-order valence-electron chi connectivity index (χ0n) is 14.8. The van der Waals surface area contributed by atoms with Crippen LogP contribution in [-0.4, -0.2) is 56.1 Å². The van der Waals surface area contributed by atoms with E-state index in [2.05, 4.69) is 43.0 Å². The van der Waals surface area contributed by atoms with Gasteiger partial charge in [0.1, 0.15) is 5.82 Å². The van der Waals surface area contributed by atoms with Crippen molar-refractivity contribution in [2.75, 3.05) is 26.2 Å². The average molecular weight is 340 g/mol. The zero-order valence-corrected chi connectivity index (χ0v) is 14.8. The molecule has 1 aromatic carbocycles. The van der Waals surface area contributed by atoms with Crippen molar-refractivity contribution in [3.63, 3.8) is 0 Å². The largest absolute Gasteiger partial charge is 0.424 e. The van der Waals surface area contributed by atoms with Crippen LogP contribution >= 0.6 is 0 Å². The van der Waals surface area contributed by atoms with Crippen LogP contribution in [-0.2, 0) is 13.0 Å². The van der Waals surface area contributed by atoms with Crippen LogP contribution in [0.3, 0.4) is 0 Å². The number of nitrogens with one attached hydrogen (secondary N) is 1. The Bertz CT molecular complexity index is 800. The van der Waals surface area contributed by atoms with E-state index in [0.717, 1.165) is 61.9 Å². The molecule has 1 aliphatic rings. The number of aryl methyl sites for hydroxylation is 1. The molecule has 4 rings (SSSR count). The maximum atomic E-state index is 5.71. The molecule has 25 heavy (non-hydrogen) atoms. The van der Waals surface area contributed by atoms with Crippen molar-refractivity contribution in [1.82, 2.24) is 30.0 Å². The van der Waals surface area contributed by atoms with E-state index in [4.69, 9.17) is 4.42 Å². The second kappa shape index (κ2) is 6.93. The van der Waals surface area contributed by atoms with Crippen molar-refractivity contribution in [3.8, 4) is 0 Å². The first-order chi connectivity index (χ1) is 12.2. The first kappa shape index (κ1) is 16.2. The summed E-state index contributed by atoms with van der Waals surface area (Å²) in [5.41, 5.74) is 2.14. The fraction of sp³-hybridized carbons (Fsp3) is 0.500. The lowest BCUT2D eigenvalue weighted by molar-refractivity contribution is 0.0856. The second-order valence-electron chi connectivity index (χ2n) is 6.58. The van der Waals surface area contributed by atoms with Gasteiger partial charge in [0, 0.05) is 32.6 Å². The number of benzene rings is 1. The van der Waals surface area contributed by atoms with Crippen LogP contribution < -0.4 is 0 Å². The van der Waals surface area contributed by atoms with Gasteiger partial charge in [0.2, 0.25) is 11.8 Å². The fourth-order valence-corrected chi connectivity index (χ4v) is 3.34. The van der Waals surface area contributed by atoms with Crippen LogP contribution in [0.2, 0.25) is 0 Å². The number of H-pyrrole nitrogens is 1. The van der Waals surface area contributed by atoms with Gasteiger partial charge in [-0.25, -0.2) is 4.98 Å². The molecule has 2 aromatic heterocycles. The van der Waals surface area contributed by atoms with Crippen LogP contribution in [0.4, 0.5) is 0 Å². The first-order valence-corrected chi connectivity index (χ1v) is 8.95. The minimum absolute atomic E-state index is 0.168. The number of piperazine rings is 1. The monoisotopic (exact) mass is 340 g/mol. The summed E-state index contributed by atoms with van der Waals surface area (Å²) in [7, 11) is 0. The average Bonchev–Trinajstić information content (AvgIpc) is 3.28. The Morgan fingerprint density at radius 3 is 2.68 bits per heavy atom. The highest BCUT2D eigenvalue weighted by Gasteiger charge is 2.25. The zero-order chi connectivity index (χ0) is 17.2. The van der Waals surface area contributed by atoms with E-state index in [-0.39, 0.29) is 6.04 Å². The molecule has 0 bridgehead atoms. The Morgan fingerprint density at radius 2 is 1.96 bits per heavy atom. The molecule has 0 amide bonds. The van der Waals surface area contributed by atoms with Crippen LogP contribution in [0, 0.1) is 0 Å². The van der Waals surface area contributed by atoms with Crippen LogP contribution in [0.15, 0.2) is 28.7 Å². The predicted octanol–water partition coefficient (Wildman–Crippen LogP) is 2.39. The Labute approximate surface area is 147 Å². The summed E-state index contributed by atoms with van der Waals surface area (Å²) in [6.45, 7) is 9.03. The van der Waals surface area contributed by atoms with Crippen molar-refractivity contribution in [2.24, 2.45) is 0 Å². The van der Waals surface area contributed by atoms with E-state index in [1.54, 1.807) is 0 Å². The normalized spacial score (nSPS) is 18.0. The SMILES string of the molecule is CCc1nnc([C@H](C)N2CCN(Cc3nc4ccccc4[nH]3)CC2)o1. The van der Waals surface area contributed by atoms with Gasteiger partial charge in [-0.15, -0.1) is 10.2 Å². The van der Waals surface area contributed by atoms with Crippen LogP contribution in [0.25, 0.3) is 11.0 Å². The molecule has 0 unspecified atom stereocenters. The Hall–Kier alpha value is -2.25. The molecule has 0 aliphatic carbocycles. The van der Waals surface area contributed by atoms with Crippen molar-refractivity contribution in [2.45, 2.75) is 32.9 Å². The first-order valence-electron chi connectivity index (χ1n) is 8.95. The molecular weight excluding hydrogens is 316 g/mol. The summed E-state index contributed by atoms with van der Waals surface area (Å²) in [4.78, 5) is 12.9. The molecule has 7 heteroatoms. The lowest BCUT2D eigenvalue weighted by Crippen LogP contribution is -2.46. The summed E-state index contributed by atoms with van der Waals surface area (Å²) < 4.78 is 5.71. The molecule has 1 fully saturated rings. The van der Waals surface area contributed by atoms with Crippen molar-refractivity contribution in [3.05, 3.63) is 41.9 Å². The predicted molar refractivity (Wildman–Crippen MR) is 95.0 cm³/mol. The standard InChI is InChI=1S/C18H24N6O/c1-3-17-21-22-18(25-17)13(2)24-10-8-23(9-11-24)12-16-19-14-6-4-5-7-15(14)20-16/h4-7,13H,3,8-12H2,1-2H3,(H,19,20)/t13-/m0/s1.